The molecule has 0 aliphatic carbocycles. The highest BCUT2D eigenvalue weighted by Gasteiger charge is 2.33. The number of nitrogens with zero attached hydrogens (tertiary/aromatic N) is 3. The van der Waals surface area contributed by atoms with Crippen molar-refractivity contribution >= 4 is 21.6 Å². The highest BCUT2D eigenvalue weighted by Crippen LogP contribution is 2.35. The van der Waals surface area contributed by atoms with Gasteiger partial charge in [0.05, 0.1) is 4.90 Å². The SMILES string of the molecule is Cc1ccccc1C(=O)N1CCN(c2oc(-c3ccccc3)nc2S(=O)(=O)c2ccccc2)CC1. The lowest BCUT2D eigenvalue weighted by molar-refractivity contribution is 0.0744. The van der Waals surface area contributed by atoms with Gasteiger partial charge in [0.15, 0.2) is 0 Å². The lowest BCUT2D eigenvalue weighted by atomic mass is 10.1. The number of oxazole rings is 1. The van der Waals surface area contributed by atoms with E-state index in [1.807, 2.05) is 66.4 Å². The van der Waals surface area contributed by atoms with Crippen molar-refractivity contribution in [2.45, 2.75) is 16.8 Å². The Hall–Kier alpha value is -3.91. The Bertz CT molecular complexity index is 1440. The molecule has 7 nitrogen and oxygen atoms in total. The largest absolute Gasteiger partial charge is 0.419 e. The molecule has 3 aromatic carbocycles. The van der Waals surface area contributed by atoms with Crippen LogP contribution in [0.15, 0.2) is 99.3 Å². The van der Waals surface area contributed by atoms with E-state index in [4.69, 9.17) is 4.42 Å². The van der Waals surface area contributed by atoms with Gasteiger partial charge in [-0.15, -0.1) is 0 Å². The fourth-order valence-corrected chi connectivity index (χ4v) is 5.53. The summed E-state index contributed by atoms with van der Waals surface area (Å²) in [6.07, 6.45) is 0. The van der Waals surface area contributed by atoms with E-state index in [1.165, 1.54) is 0 Å². The predicted molar refractivity (Wildman–Crippen MR) is 133 cm³/mol. The number of carbonyl (C=O) groups is 1. The summed E-state index contributed by atoms with van der Waals surface area (Å²) < 4.78 is 33.1. The van der Waals surface area contributed by atoms with Crippen LogP contribution in [0.3, 0.4) is 0 Å². The summed E-state index contributed by atoms with van der Waals surface area (Å²) in [6.45, 7) is 3.67. The minimum Gasteiger partial charge on any atom is -0.419 e. The molecule has 8 heteroatoms. The Balaban J connectivity index is 1.46. The molecule has 2 heterocycles. The molecule has 178 valence electrons. The van der Waals surface area contributed by atoms with E-state index < -0.39 is 9.84 Å². The zero-order chi connectivity index (χ0) is 24.4. The van der Waals surface area contributed by atoms with E-state index in [0.717, 1.165) is 5.56 Å². The van der Waals surface area contributed by atoms with Gasteiger partial charge in [0, 0.05) is 37.3 Å². The van der Waals surface area contributed by atoms with Crippen LogP contribution in [0, 0.1) is 6.92 Å². The van der Waals surface area contributed by atoms with Crippen molar-refractivity contribution in [3.63, 3.8) is 0 Å². The molecule has 1 fully saturated rings. The summed E-state index contributed by atoms with van der Waals surface area (Å²) in [4.78, 5) is 21.3. The number of carbonyl (C=O) groups excluding carboxylic acids is 1. The number of sulfone groups is 1. The van der Waals surface area contributed by atoms with Crippen LogP contribution in [0.2, 0.25) is 0 Å². The Morgan fingerprint density at radius 3 is 2.09 bits per heavy atom. The maximum Gasteiger partial charge on any atom is 0.254 e. The Kier molecular flexibility index (Phi) is 6.13. The summed E-state index contributed by atoms with van der Waals surface area (Å²) in [6, 6.07) is 25.0. The molecule has 0 radical (unpaired) electrons. The zero-order valence-corrected chi connectivity index (χ0v) is 20.1. The highest BCUT2D eigenvalue weighted by molar-refractivity contribution is 7.91. The van der Waals surface area contributed by atoms with Gasteiger partial charge in [0.1, 0.15) is 0 Å². The fourth-order valence-electron chi connectivity index (χ4n) is 4.18. The summed E-state index contributed by atoms with van der Waals surface area (Å²) in [5, 5.41) is -0.110. The summed E-state index contributed by atoms with van der Waals surface area (Å²) in [5.41, 5.74) is 2.30. The van der Waals surface area contributed by atoms with E-state index in [9.17, 15) is 13.2 Å². The Morgan fingerprint density at radius 1 is 0.829 bits per heavy atom. The molecule has 1 saturated heterocycles. The number of benzene rings is 3. The molecule has 35 heavy (non-hydrogen) atoms. The standard InChI is InChI=1S/C27H25N3O4S/c1-20-10-8-9-15-23(20)26(31)29-16-18-30(19-17-29)27-25(35(32,33)22-13-6-3-7-14-22)28-24(34-27)21-11-4-2-5-12-21/h2-15H,16-19H2,1H3. The molecule has 5 rings (SSSR count). The second-order valence-electron chi connectivity index (χ2n) is 8.41. The summed E-state index contributed by atoms with van der Waals surface area (Å²) >= 11 is 0. The van der Waals surface area contributed by atoms with Crippen LogP contribution in [-0.2, 0) is 9.84 Å². The van der Waals surface area contributed by atoms with Crippen molar-refractivity contribution in [3.05, 3.63) is 96.1 Å². The molecule has 0 N–H and O–H groups in total. The summed E-state index contributed by atoms with van der Waals surface area (Å²) in [7, 11) is -3.91. The van der Waals surface area contributed by atoms with Crippen molar-refractivity contribution in [2.75, 3.05) is 31.1 Å². The molecular weight excluding hydrogens is 462 g/mol. The number of anilines is 1. The first kappa shape index (κ1) is 22.9. The van der Waals surface area contributed by atoms with Gasteiger partial charge in [-0.3, -0.25) is 4.79 Å². The average molecular weight is 488 g/mol. The average Bonchev–Trinajstić information content (AvgIpc) is 3.36. The third-order valence-corrected chi connectivity index (χ3v) is 7.81. The molecular formula is C27H25N3O4S. The fraction of sp³-hybridized carbons (Fsp3) is 0.185. The quantitative estimate of drug-likeness (QED) is 0.414. The van der Waals surface area contributed by atoms with Crippen molar-refractivity contribution in [1.82, 2.24) is 9.88 Å². The molecule has 0 saturated carbocycles. The molecule has 0 unspecified atom stereocenters. The van der Waals surface area contributed by atoms with Crippen LogP contribution in [0.5, 0.6) is 0 Å². The zero-order valence-electron chi connectivity index (χ0n) is 19.3. The number of aromatic nitrogens is 1. The molecule has 0 spiro atoms. The smallest absolute Gasteiger partial charge is 0.254 e. The van der Waals surface area contributed by atoms with Crippen LogP contribution >= 0.6 is 0 Å². The molecule has 4 aromatic rings. The number of aryl methyl sites for hydroxylation is 1. The molecule has 1 amide bonds. The van der Waals surface area contributed by atoms with Gasteiger partial charge in [-0.05, 0) is 42.8 Å². The first-order valence-corrected chi connectivity index (χ1v) is 12.9. The van der Waals surface area contributed by atoms with Crippen molar-refractivity contribution in [3.8, 4) is 11.5 Å². The van der Waals surface area contributed by atoms with Crippen LogP contribution < -0.4 is 4.90 Å². The number of hydrogen-bond acceptors (Lipinski definition) is 6. The highest BCUT2D eigenvalue weighted by atomic mass is 32.2. The second-order valence-corrected chi connectivity index (χ2v) is 10.3. The van der Waals surface area contributed by atoms with Gasteiger partial charge in [0.25, 0.3) is 5.91 Å². The monoisotopic (exact) mass is 487 g/mol. The molecule has 1 aromatic heterocycles. The maximum atomic E-state index is 13.5. The molecule has 1 aliphatic heterocycles. The minimum atomic E-state index is -3.91. The number of hydrogen-bond donors (Lipinski definition) is 0. The van der Waals surface area contributed by atoms with E-state index in [1.54, 1.807) is 35.2 Å². The van der Waals surface area contributed by atoms with Crippen molar-refractivity contribution in [1.29, 1.82) is 0 Å². The molecule has 0 atom stereocenters. The number of rotatable bonds is 5. The normalized spacial score (nSPS) is 14.2. The number of amides is 1. The van der Waals surface area contributed by atoms with E-state index in [-0.39, 0.29) is 27.6 Å². The first-order valence-electron chi connectivity index (χ1n) is 11.4. The van der Waals surface area contributed by atoms with Gasteiger partial charge >= 0.3 is 0 Å². The minimum absolute atomic E-state index is 0.0255. The van der Waals surface area contributed by atoms with E-state index in [0.29, 0.717) is 37.3 Å². The van der Waals surface area contributed by atoms with Crippen LogP contribution in [0.25, 0.3) is 11.5 Å². The predicted octanol–water partition coefficient (Wildman–Crippen LogP) is 4.45. The Morgan fingerprint density at radius 2 is 1.43 bits per heavy atom. The van der Waals surface area contributed by atoms with Gasteiger partial charge < -0.3 is 14.2 Å². The van der Waals surface area contributed by atoms with Gasteiger partial charge in [-0.25, -0.2) is 8.42 Å². The van der Waals surface area contributed by atoms with E-state index >= 15 is 0 Å². The van der Waals surface area contributed by atoms with Crippen LogP contribution in [0.4, 0.5) is 5.88 Å². The number of piperazine rings is 1. The lowest BCUT2D eigenvalue weighted by Crippen LogP contribution is -2.49. The first-order chi connectivity index (χ1) is 16.9. The molecule has 0 bridgehead atoms. The van der Waals surface area contributed by atoms with Crippen molar-refractivity contribution in [2.24, 2.45) is 0 Å². The third-order valence-electron chi connectivity index (χ3n) is 6.14. The van der Waals surface area contributed by atoms with Gasteiger partial charge in [-0.2, -0.15) is 4.98 Å². The molecule has 1 aliphatic rings. The topological polar surface area (TPSA) is 83.7 Å². The maximum absolute atomic E-state index is 13.5. The lowest BCUT2D eigenvalue weighted by Gasteiger charge is -2.35. The van der Waals surface area contributed by atoms with Crippen LogP contribution in [-0.4, -0.2) is 50.4 Å². The van der Waals surface area contributed by atoms with Crippen LogP contribution in [0.1, 0.15) is 15.9 Å². The van der Waals surface area contributed by atoms with Crippen molar-refractivity contribution < 1.29 is 17.6 Å². The third kappa shape index (κ3) is 4.44. The van der Waals surface area contributed by atoms with Gasteiger partial charge in [-0.1, -0.05) is 54.6 Å². The Labute approximate surface area is 204 Å². The summed E-state index contributed by atoms with van der Waals surface area (Å²) in [5.74, 6) is 0.423. The van der Waals surface area contributed by atoms with Gasteiger partial charge in [0.2, 0.25) is 26.6 Å². The van der Waals surface area contributed by atoms with E-state index in [2.05, 4.69) is 4.98 Å². The second kappa shape index (κ2) is 9.38.